The van der Waals surface area contributed by atoms with Crippen LogP contribution in [0, 0.1) is 0 Å². The topological polar surface area (TPSA) is 92.8 Å². The standard InChI is InChI=1S/C19H15F3N6O2/c1-27-16(25-18(26-27)19(20,21)22)17(29)28-7-6-11-14(24-9-23-11)15(28)13-8-10-4-2-3-5-12(10)30-13/h2-5,8-9,15H,6-7H2,1H3,(H,23,24)/t15-/m1/s1. The molecule has 1 atom stereocenters. The molecule has 0 saturated heterocycles. The zero-order valence-corrected chi connectivity index (χ0v) is 15.6. The third kappa shape index (κ3) is 2.85. The van der Waals surface area contributed by atoms with Crippen molar-refractivity contribution in [3.05, 3.63) is 65.5 Å². The van der Waals surface area contributed by atoms with Crippen LogP contribution in [0.3, 0.4) is 0 Å². The van der Waals surface area contributed by atoms with Gasteiger partial charge in [0.15, 0.2) is 0 Å². The fraction of sp³-hybridized carbons (Fsp3) is 0.263. The maximum atomic E-state index is 13.2. The highest BCUT2D eigenvalue weighted by atomic mass is 19.4. The molecule has 1 aliphatic heterocycles. The number of benzene rings is 1. The Kier molecular flexibility index (Phi) is 3.95. The van der Waals surface area contributed by atoms with E-state index in [9.17, 15) is 18.0 Å². The van der Waals surface area contributed by atoms with E-state index >= 15 is 0 Å². The zero-order chi connectivity index (χ0) is 21.0. The SMILES string of the molecule is Cn1nc(C(F)(F)F)nc1C(=O)N1CCc2[nH]cnc2[C@H]1c1cc2ccccc2o1. The summed E-state index contributed by atoms with van der Waals surface area (Å²) in [7, 11) is 1.26. The third-order valence-corrected chi connectivity index (χ3v) is 5.11. The lowest BCUT2D eigenvalue weighted by molar-refractivity contribution is -0.144. The van der Waals surface area contributed by atoms with E-state index in [1.807, 2.05) is 24.3 Å². The molecule has 0 fully saturated rings. The van der Waals surface area contributed by atoms with Gasteiger partial charge < -0.3 is 14.3 Å². The molecule has 1 N–H and O–H groups in total. The Bertz CT molecular complexity index is 1220. The Balaban J connectivity index is 1.60. The summed E-state index contributed by atoms with van der Waals surface area (Å²) in [5, 5.41) is 4.20. The highest BCUT2D eigenvalue weighted by Crippen LogP contribution is 2.37. The smallest absolute Gasteiger partial charge is 0.453 e. The van der Waals surface area contributed by atoms with Crippen molar-refractivity contribution in [3.8, 4) is 0 Å². The average molecular weight is 416 g/mol. The highest BCUT2D eigenvalue weighted by Gasteiger charge is 2.41. The summed E-state index contributed by atoms with van der Waals surface area (Å²) in [5.41, 5.74) is 2.07. The van der Waals surface area contributed by atoms with E-state index in [-0.39, 0.29) is 6.54 Å². The van der Waals surface area contributed by atoms with Crippen LogP contribution in [-0.2, 0) is 19.6 Å². The Labute approximate surface area is 167 Å². The number of amides is 1. The number of carbonyl (C=O) groups excluding carboxylic acids is 1. The molecule has 0 spiro atoms. The lowest BCUT2D eigenvalue weighted by Crippen LogP contribution is -2.41. The predicted octanol–water partition coefficient (Wildman–Crippen LogP) is 3.09. The number of alkyl halides is 3. The molecule has 0 bridgehead atoms. The Morgan fingerprint density at radius 3 is 2.83 bits per heavy atom. The van der Waals surface area contributed by atoms with E-state index in [1.165, 1.54) is 18.3 Å². The summed E-state index contributed by atoms with van der Waals surface area (Å²) in [6, 6.07) is 8.48. The van der Waals surface area contributed by atoms with Crippen molar-refractivity contribution in [3.63, 3.8) is 0 Å². The number of para-hydroxylation sites is 1. The Hall–Kier alpha value is -3.63. The largest absolute Gasteiger partial charge is 0.458 e. The minimum Gasteiger partial charge on any atom is -0.458 e. The number of carbonyl (C=O) groups is 1. The first kappa shape index (κ1) is 18.4. The van der Waals surface area contributed by atoms with Crippen LogP contribution >= 0.6 is 0 Å². The number of hydrogen-bond acceptors (Lipinski definition) is 5. The molecule has 1 aromatic carbocycles. The molecule has 3 aromatic heterocycles. The van der Waals surface area contributed by atoms with Crippen LogP contribution in [0.15, 0.2) is 41.1 Å². The van der Waals surface area contributed by atoms with Crippen LogP contribution in [0.2, 0.25) is 0 Å². The number of aromatic nitrogens is 5. The van der Waals surface area contributed by atoms with Crippen LogP contribution in [0.5, 0.6) is 0 Å². The normalized spacial score (nSPS) is 16.8. The van der Waals surface area contributed by atoms with Gasteiger partial charge in [0.25, 0.3) is 11.7 Å². The number of aromatic amines is 1. The number of imidazole rings is 1. The van der Waals surface area contributed by atoms with Gasteiger partial charge in [-0.25, -0.2) is 9.67 Å². The van der Waals surface area contributed by atoms with Gasteiger partial charge in [-0.1, -0.05) is 18.2 Å². The van der Waals surface area contributed by atoms with Gasteiger partial charge in [-0.3, -0.25) is 4.79 Å². The van der Waals surface area contributed by atoms with Crippen LogP contribution in [-0.4, -0.2) is 42.1 Å². The maximum absolute atomic E-state index is 13.2. The van der Waals surface area contributed by atoms with Crippen molar-refractivity contribution in [2.45, 2.75) is 18.6 Å². The van der Waals surface area contributed by atoms with Crippen LogP contribution in [0.25, 0.3) is 11.0 Å². The first-order valence-electron chi connectivity index (χ1n) is 9.13. The number of furan rings is 1. The van der Waals surface area contributed by atoms with E-state index in [2.05, 4.69) is 20.1 Å². The molecule has 1 aliphatic rings. The van der Waals surface area contributed by atoms with Crippen LogP contribution in [0.1, 0.15) is 39.6 Å². The van der Waals surface area contributed by atoms with Crippen molar-refractivity contribution in [2.75, 3.05) is 6.54 Å². The molecule has 30 heavy (non-hydrogen) atoms. The van der Waals surface area contributed by atoms with Crippen molar-refractivity contribution < 1.29 is 22.4 Å². The number of nitrogens with one attached hydrogen (secondary N) is 1. The number of H-pyrrole nitrogens is 1. The highest BCUT2D eigenvalue weighted by molar-refractivity contribution is 5.91. The molecule has 0 unspecified atom stereocenters. The van der Waals surface area contributed by atoms with Gasteiger partial charge >= 0.3 is 6.18 Å². The van der Waals surface area contributed by atoms with Crippen molar-refractivity contribution in [2.24, 2.45) is 7.05 Å². The maximum Gasteiger partial charge on any atom is 0.453 e. The molecule has 11 heteroatoms. The minimum atomic E-state index is -4.74. The minimum absolute atomic E-state index is 0.254. The average Bonchev–Trinajstić information content (AvgIpc) is 3.43. The van der Waals surface area contributed by atoms with Crippen molar-refractivity contribution in [1.82, 2.24) is 29.6 Å². The number of rotatable bonds is 2. The third-order valence-electron chi connectivity index (χ3n) is 5.11. The first-order chi connectivity index (χ1) is 14.3. The van der Waals surface area contributed by atoms with E-state index in [0.29, 0.717) is 23.5 Å². The summed E-state index contributed by atoms with van der Waals surface area (Å²) >= 11 is 0. The van der Waals surface area contributed by atoms with Gasteiger partial charge in [-0.2, -0.15) is 18.2 Å². The zero-order valence-electron chi connectivity index (χ0n) is 15.6. The molecule has 0 saturated carbocycles. The van der Waals surface area contributed by atoms with Crippen molar-refractivity contribution in [1.29, 1.82) is 0 Å². The molecule has 0 radical (unpaired) electrons. The summed E-state index contributed by atoms with van der Waals surface area (Å²) in [4.78, 5) is 25.5. The fourth-order valence-electron chi connectivity index (χ4n) is 3.74. The summed E-state index contributed by atoms with van der Waals surface area (Å²) in [6.07, 6.45) is -2.74. The second-order valence-electron chi connectivity index (χ2n) is 6.98. The molecule has 8 nitrogen and oxygen atoms in total. The number of hydrogen-bond donors (Lipinski definition) is 1. The Morgan fingerprint density at radius 2 is 2.10 bits per heavy atom. The summed E-state index contributed by atoms with van der Waals surface area (Å²) in [6.45, 7) is 0.254. The van der Waals surface area contributed by atoms with Gasteiger partial charge in [-0.05, 0) is 12.1 Å². The molecular weight excluding hydrogens is 401 g/mol. The first-order valence-corrected chi connectivity index (χ1v) is 9.13. The lowest BCUT2D eigenvalue weighted by Gasteiger charge is -2.33. The second kappa shape index (κ2) is 6.44. The van der Waals surface area contributed by atoms with E-state index in [1.54, 1.807) is 6.07 Å². The van der Waals surface area contributed by atoms with E-state index in [0.717, 1.165) is 15.8 Å². The quantitative estimate of drug-likeness (QED) is 0.542. The number of halogens is 3. The molecule has 1 amide bonds. The molecule has 154 valence electrons. The molecule has 4 aromatic rings. The van der Waals surface area contributed by atoms with Gasteiger partial charge in [0.05, 0.1) is 12.0 Å². The summed E-state index contributed by atoms with van der Waals surface area (Å²) in [5.74, 6) is -1.97. The fourth-order valence-corrected chi connectivity index (χ4v) is 3.74. The number of fused-ring (bicyclic) bond motifs is 2. The molecule has 0 aliphatic carbocycles. The number of aryl methyl sites for hydroxylation is 1. The van der Waals surface area contributed by atoms with Gasteiger partial charge in [-0.15, -0.1) is 5.10 Å². The van der Waals surface area contributed by atoms with E-state index in [4.69, 9.17) is 4.42 Å². The van der Waals surface area contributed by atoms with Crippen LogP contribution in [0.4, 0.5) is 13.2 Å². The number of nitrogens with zero attached hydrogens (tertiary/aromatic N) is 5. The molecule has 4 heterocycles. The predicted molar refractivity (Wildman–Crippen MR) is 97.4 cm³/mol. The van der Waals surface area contributed by atoms with E-state index < -0.39 is 29.8 Å². The monoisotopic (exact) mass is 416 g/mol. The second-order valence-corrected chi connectivity index (χ2v) is 6.98. The van der Waals surface area contributed by atoms with Gasteiger partial charge in [0.1, 0.15) is 17.4 Å². The molecule has 5 rings (SSSR count). The summed E-state index contributed by atoms with van der Waals surface area (Å²) < 4.78 is 45.8. The van der Waals surface area contributed by atoms with Crippen LogP contribution < -0.4 is 0 Å². The lowest BCUT2D eigenvalue weighted by atomic mass is 10.00. The van der Waals surface area contributed by atoms with Crippen molar-refractivity contribution >= 4 is 16.9 Å². The van der Waals surface area contributed by atoms with Gasteiger partial charge in [0.2, 0.25) is 5.82 Å². The molecular formula is C19H15F3N6O2. The Morgan fingerprint density at radius 1 is 1.30 bits per heavy atom. The van der Waals surface area contributed by atoms with Gasteiger partial charge in [0, 0.05) is 31.1 Å².